The Labute approximate surface area is 124 Å². The van der Waals surface area contributed by atoms with E-state index in [4.69, 9.17) is 4.52 Å². The van der Waals surface area contributed by atoms with Gasteiger partial charge in [-0.25, -0.2) is 13.1 Å². The Hall–Kier alpha value is -1.73. The quantitative estimate of drug-likeness (QED) is 0.847. The van der Waals surface area contributed by atoms with Gasteiger partial charge in [0, 0.05) is 18.5 Å². The number of aromatic nitrogens is 2. The van der Waals surface area contributed by atoms with Gasteiger partial charge in [0.25, 0.3) is 5.89 Å². The van der Waals surface area contributed by atoms with E-state index in [-0.39, 0.29) is 12.3 Å². The van der Waals surface area contributed by atoms with Crippen LogP contribution in [0, 0.1) is 0 Å². The van der Waals surface area contributed by atoms with Gasteiger partial charge in [-0.1, -0.05) is 24.2 Å². The molecule has 0 saturated carbocycles. The second-order valence-corrected chi connectivity index (χ2v) is 6.79. The third kappa shape index (κ3) is 4.37. The second-order valence-electron chi connectivity index (χ2n) is 4.69. The summed E-state index contributed by atoms with van der Waals surface area (Å²) in [6.07, 6.45) is 1.73. The minimum absolute atomic E-state index is 0.0662. The molecule has 0 aliphatic rings. The van der Waals surface area contributed by atoms with E-state index in [1.807, 2.05) is 24.3 Å². The summed E-state index contributed by atoms with van der Waals surface area (Å²) >= 11 is 0. The lowest BCUT2D eigenvalue weighted by molar-refractivity contribution is 0.422. The van der Waals surface area contributed by atoms with Gasteiger partial charge in [-0.15, -0.1) is 0 Å². The van der Waals surface area contributed by atoms with Gasteiger partial charge < -0.3 is 4.52 Å². The molecule has 1 aromatic carbocycles. The summed E-state index contributed by atoms with van der Waals surface area (Å²) in [5.74, 6) is 1.21. The molecule has 0 aliphatic heterocycles. The molecule has 0 spiro atoms. The van der Waals surface area contributed by atoms with E-state index in [1.54, 1.807) is 6.92 Å². The van der Waals surface area contributed by atoms with Crippen LogP contribution in [0.15, 0.2) is 28.8 Å². The highest BCUT2D eigenvalue weighted by Gasteiger charge is 2.10. The molecule has 114 valence electrons. The van der Waals surface area contributed by atoms with Crippen LogP contribution in [-0.2, 0) is 23.0 Å². The van der Waals surface area contributed by atoms with Crippen LogP contribution in [-0.4, -0.2) is 24.3 Å². The van der Waals surface area contributed by atoms with Crippen LogP contribution >= 0.6 is 0 Å². The zero-order valence-electron chi connectivity index (χ0n) is 12.2. The molecule has 1 N–H and O–H groups in total. The van der Waals surface area contributed by atoms with Crippen molar-refractivity contribution in [2.45, 2.75) is 33.2 Å². The van der Waals surface area contributed by atoms with Crippen LogP contribution in [0.3, 0.4) is 0 Å². The molecule has 0 bridgehead atoms. The van der Waals surface area contributed by atoms with E-state index in [1.165, 1.54) is 0 Å². The normalized spacial score (nSPS) is 11.7. The number of nitrogens with zero attached hydrogens (tertiary/aromatic N) is 2. The van der Waals surface area contributed by atoms with E-state index < -0.39 is 10.0 Å². The predicted octanol–water partition coefficient (Wildman–Crippen LogP) is 2.13. The number of hydrogen-bond acceptors (Lipinski definition) is 5. The summed E-state index contributed by atoms with van der Waals surface area (Å²) in [5, 5.41) is 3.91. The standard InChI is InChI=1S/C14H19N3O3S/c1-3-6-13-16-14(20-17-13)12-8-5-7-11(9-12)10-15-21(18,19)4-2/h5,7-9,15H,3-4,6,10H2,1-2H3. The smallest absolute Gasteiger partial charge is 0.257 e. The lowest BCUT2D eigenvalue weighted by Crippen LogP contribution is -2.24. The maximum atomic E-state index is 11.5. The minimum Gasteiger partial charge on any atom is -0.334 e. The molecule has 6 nitrogen and oxygen atoms in total. The monoisotopic (exact) mass is 309 g/mol. The molecule has 2 rings (SSSR count). The third-order valence-corrected chi connectivity index (χ3v) is 4.34. The Morgan fingerprint density at radius 3 is 2.81 bits per heavy atom. The Morgan fingerprint density at radius 2 is 2.10 bits per heavy atom. The Morgan fingerprint density at radius 1 is 1.29 bits per heavy atom. The zero-order chi connectivity index (χ0) is 15.3. The highest BCUT2D eigenvalue weighted by atomic mass is 32.2. The molecule has 0 aliphatic carbocycles. The molecule has 0 fully saturated rings. The summed E-state index contributed by atoms with van der Waals surface area (Å²) in [6, 6.07) is 7.40. The lowest BCUT2D eigenvalue weighted by Gasteiger charge is -2.05. The summed E-state index contributed by atoms with van der Waals surface area (Å²) in [6.45, 7) is 3.91. The van der Waals surface area contributed by atoms with Crippen molar-refractivity contribution in [2.24, 2.45) is 0 Å². The van der Waals surface area contributed by atoms with Crippen LogP contribution in [0.4, 0.5) is 0 Å². The fraction of sp³-hybridized carbons (Fsp3) is 0.429. The van der Waals surface area contributed by atoms with Gasteiger partial charge in [0.1, 0.15) is 0 Å². The highest BCUT2D eigenvalue weighted by Crippen LogP contribution is 2.19. The molecule has 2 aromatic rings. The van der Waals surface area contributed by atoms with Crippen LogP contribution in [0.1, 0.15) is 31.7 Å². The number of hydrogen-bond donors (Lipinski definition) is 1. The van der Waals surface area contributed by atoms with Crippen molar-refractivity contribution >= 4 is 10.0 Å². The average Bonchev–Trinajstić information content (AvgIpc) is 2.95. The van der Waals surface area contributed by atoms with Gasteiger partial charge in [-0.05, 0) is 31.0 Å². The van der Waals surface area contributed by atoms with Gasteiger partial charge in [0.15, 0.2) is 5.82 Å². The topological polar surface area (TPSA) is 85.1 Å². The van der Waals surface area contributed by atoms with Gasteiger partial charge in [0.2, 0.25) is 10.0 Å². The molecule has 0 atom stereocenters. The molecule has 21 heavy (non-hydrogen) atoms. The van der Waals surface area contributed by atoms with E-state index in [0.29, 0.717) is 11.7 Å². The number of aryl methyl sites for hydroxylation is 1. The van der Waals surface area contributed by atoms with Gasteiger partial charge >= 0.3 is 0 Å². The molecule has 0 amide bonds. The third-order valence-electron chi connectivity index (χ3n) is 2.99. The average molecular weight is 309 g/mol. The van der Waals surface area contributed by atoms with Crippen molar-refractivity contribution in [2.75, 3.05) is 5.75 Å². The Balaban J connectivity index is 2.13. The maximum absolute atomic E-state index is 11.5. The van der Waals surface area contributed by atoms with Gasteiger partial charge in [-0.2, -0.15) is 4.98 Å². The first-order valence-electron chi connectivity index (χ1n) is 6.93. The van der Waals surface area contributed by atoms with Crippen molar-refractivity contribution in [1.82, 2.24) is 14.9 Å². The molecule has 1 aromatic heterocycles. The van der Waals surface area contributed by atoms with Crippen molar-refractivity contribution in [3.8, 4) is 11.5 Å². The van der Waals surface area contributed by atoms with Crippen LogP contribution in [0.25, 0.3) is 11.5 Å². The fourth-order valence-corrected chi connectivity index (χ4v) is 2.40. The largest absolute Gasteiger partial charge is 0.334 e. The molecule has 0 saturated heterocycles. The van der Waals surface area contributed by atoms with Crippen LogP contribution in [0.5, 0.6) is 0 Å². The van der Waals surface area contributed by atoms with E-state index in [2.05, 4.69) is 21.8 Å². The SMILES string of the molecule is CCCc1noc(-c2cccc(CNS(=O)(=O)CC)c2)n1. The molecular weight excluding hydrogens is 290 g/mol. The second kappa shape index (κ2) is 6.82. The number of sulfonamides is 1. The van der Waals surface area contributed by atoms with Crippen molar-refractivity contribution < 1.29 is 12.9 Å². The first-order valence-corrected chi connectivity index (χ1v) is 8.58. The van der Waals surface area contributed by atoms with Gasteiger partial charge in [-0.3, -0.25) is 0 Å². The fourth-order valence-electron chi connectivity index (χ4n) is 1.81. The van der Waals surface area contributed by atoms with Crippen molar-refractivity contribution in [3.05, 3.63) is 35.7 Å². The Kier molecular flexibility index (Phi) is 5.08. The van der Waals surface area contributed by atoms with Crippen LogP contribution in [0.2, 0.25) is 0 Å². The van der Waals surface area contributed by atoms with Crippen LogP contribution < -0.4 is 4.72 Å². The maximum Gasteiger partial charge on any atom is 0.257 e. The Bertz CT molecular complexity index is 695. The lowest BCUT2D eigenvalue weighted by atomic mass is 10.1. The summed E-state index contributed by atoms with van der Waals surface area (Å²) < 4.78 is 30.7. The molecule has 7 heteroatoms. The minimum atomic E-state index is -3.20. The number of nitrogens with one attached hydrogen (secondary N) is 1. The van der Waals surface area contributed by atoms with Crippen molar-refractivity contribution in [1.29, 1.82) is 0 Å². The molecule has 0 radical (unpaired) electrons. The summed E-state index contributed by atoms with van der Waals surface area (Å²) in [5.41, 5.74) is 1.64. The molecular formula is C14H19N3O3S. The summed E-state index contributed by atoms with van der Waals surface area (Å²) in [7, 11) is -3.20. The molecule has 1 heterocycles. The predicted molar refractivity (Wildman–Crippen MR) is 80.0 cm³/mol. The van der Waals surface area contributed by atoms with E-state index in [9.17, 15) is 8.42 Å². The van der Waals surface area contributed by atoms with E-state index >= 15 is 0 Å². The highest BCUT2D eigenvalue weighted by molar-refractivity contribution is 7.89. The van der Waals surface area contributed by atoms with Gasteiger partial charge in [0.05, 0.1) is 5.75 Å². The zero-order valence-corrected chi connectivity index (χ0v) is 13.0. The number of benzene rings is 1. The summed E-state index contributed by atoms with van der Waals surface area (Å²) in [4.78, 5) is 4.32. The first kappa shape index (κ1) is 15.7. The van der Waals surface area contributed by atoms with Crippen molar-refractivity contribution in [3.63, 3.8) is 0 Å². The first-order chi connectivity index (χ1) is 10.0. The van der Waals surface area contributed by atoms with E-state index in [0.717, 1.165) is 24.0 Å². The molecule has 0 unspecified atom stereocenters. The number of rotatable bonds is 7.